The lowest BCUT2D eigenvalue weighted by Gasteiger charge is -2.32. The number of amides is 2. The number of rotatable bonds is 6. The molecular weight excluding hydrogens is 304 g/mol. The minimum Gasteiger partial charge on any atom is -0.355 e. The number of hydrogen-bond acceptors (Lipinski definition) is 4. The summed E-state index contributed by atoms with van der Waals surface area (Å²) in [5.41, 5.74) is 7.10. The molecule has 1 aliphatic heterocycles. The molecule has 0 aromatic heterocycles. The molecule has 2 unspecified atom stereocenters. The number of likely N-dealkylation sites (N-methyl/N-ethyl adjacent to an activating group) is 1. The van der Waals surface area contributed by atoms with Gasteiger partial charge in [-0.05, 0) is 12.6 Å². The lowest BCUT2D eigenvalue weighted by molar-refractivity contribution is -0.132. The van der Waals surface area contributed by atoms with Gasteiger partial charge in [-0.15, -0.1) is 0 Å². The molecule has 2 atom stereocenters. The third-order valence-corrected chi connectivity index (χ3v) is 4.63. The highest BCUT2D eigenvalue weighted by Gasteiger charge is 2.23. The maximum Gasteiger partial charge on any atom is 0.224 e. The normalized spacial score (nSPS) is 18.0. The number of carbonyl (C=O) groups is 2. The summed E-state index contributed by atoms with van der Waals surface area (Å²) in [5.74, 6) is -0.355. The molecule has 6 nitrogen and oxygen atoms in total. The number of benzene rings is 1. The Kier molecular flexibility index (Phi) is 6.75. The summed E-state index contributed by atoms with van der Waals surface area (Å²) in [4.78, 5) is 28.5. The number of hydrogen-bond donors (Lipinski definition) is 2. The molecule has 132 valence electrons. The zero-order valence-electron chi connectivity index (χ0n) is 14.6. The second-order valence-corrected chi connectivity index (χ2v) is 6.45. The first-order valence-electron chi connectivity index (χ1n) is 8.53. The highest BCUT2D eigenvalue weighted by molar-refractivity contribution is 5.81. The van der Waals surface area contributed by atoms with Crippen LogP contribution in [0.1, 0.15) is 24.9 Å². The highest BCUT2D eigenvalue weighted by atomic mass is 16.2. The maximum atomic E-state index is 12.2. The Balaban J connectivity index is 1.73. The molecule has 1 fully saturated rings. The van der Waals surface area contributed by atoms with Crippen LogP contribution < -0.4 is 11.1 Å². The Morgan fingerprint density at radius 1 is 1.17 bits per heavy atom. The summed E-state index contributed by atoms with van der Waals surface area (Å²) in [6, 6.07) is 9.24. The van der Waals surface area contributed by atoms with Gasteiger partial charge in [0.2, 0.25) is 11.8 Å². The number of nitrogens with two attached hydrogens (primary N) is 1. The van der Waals surface area contributed by atoms with E-state index in [0.717, 1.165) is 31.7 Å². The van der Waals surface area contributed by atoms with Gasteiger partial charge in [-0.2, -0.15) is 0 Å². The van der Waals surface area contributed by atoms with Crippen LogP contribution in [0, 0.1) is 5.92 Å². The van der Waals surface area contributed by atoms with E-state index in [-0.39, 0.29) is 23.8 Å². The van der Waals surface area contributed by atoms with E-state index in [1.807, 2.05) is 42.2 Å². The van der Waals surface area contributed by atoms with Gasteiger partial charge < -0.3 is 20.9 Å². The monoisotopic (exact) mass is 332 g/mol. The van der Waals surface area contributed by atoms with E-state index in [1.165, 1.54) is 0 Å². The van der Waals surface area contributed by atoms with Crippen LogP contribution in [0.5, 0.6) is 0 Å². The average molecular weight is 332 g/mol. The van der Waals surface area contributed by atoms with Crippen molar-refractivity contribution in [2.75, 3.05) is 39.8 Å². The fraction of sp³-hybridized carbons (Fsp3) is 0.556. The van der Waals surface area contributed by atoms with Crippen molar-refractivity contribution in [2.24, 2.45) is 11.7 Å². The van der Waals surface area contributed by atoms with Gasteiger partial charge in [-0.1, -0.05) is 37.3 Å². The molecule has 3 N–H and O–H groups in total. The molecule has 1 aliphatic rings. The average Bonchev–Trinajstić information content (AvgIpc) is 2.61. The number of nitrogens with zero attached hydrogens (tertiary/aromatic N) is 2. The van der Waals surface area contributed by atoms with Gasteiger partial charge in [0.25, 0.3) is 0 Å². The standard InChI is InChI=1S/C18H28N4O2/c1-14(17(19)15-6-4-3-5-7-15)18(24)20-9-8-16(23)22-12-10-21(2)11-13-22/h3-7,14,17H,8-13,19H2,1-2H3,(H,20,24). The minimum absolute atomic E-state index is 0.100. The van der Waals surface area contributed by atoms with Gasteiger partial charge in [0.1, 0.15) is 0 Å². The Bertz CT molecular complexity index is 541. The van der Waals surface area contributed by atoms with Crippen molar-refractivity contribution in [3.05, 3.63) is 35.9 Å². The van der Waals surface area contributed by atoms with E-state index in [9.17, 15) is 9.59 Å². The highest BCUT2D eigenvalue weighted by Crippen LogP contribution is 2.18. The van der Waals surface area contributed by atoms with Crippen LogP contribution in [0.25, 0.3) is 0 Å². The molecule has 0 aliphatic carbocycles. The van der Waals surface area contributed by atoms with E-state index in [4.69, 9.17) is 5.73 Å². The topological polar surface area (TPSA) is 78.7 Å². The SMILES string of the molecule is CC(C(=O)NCCC(=O)N1CCN(C)CC1)C(N)c1ccccc1. The first-order chi connectivity index (χ1) is 11.5. The van der Waals surface area contributed by atoms with Gasteiger partial charge >= 0.3 is 0 Å². The van der Waals surface area contributed by atoms with Gasteiger partial charge in [0, 0.05) is 45.2 Å². The van der Waals surface area contributed by atoms with Crippen molar-refractivity contribution in [2.45, 2.75) is 19.4 Å². The maximum absolute atomic E-state index is 12.2. The summed E-state index contributed by atoms with van der Waals surface area (Å²) < 4.78 is 0. The molecule has 1 aromatic rings. The molecule has 1 aromatic carbocycles. The van der Waals surface area contributed by atoms with Crippen molar-refractivity contribution in [1.82, 2.24) is 15.1 Å². The molecule has 0 radical (unpaired) electrons. The van der Waals surface area contributed by atoms with Crippen molar-refractivity contribution in [1.29, 1.82) is 0 Å². The molecule has 2 rings (SSSR count). The Morgan fingerprint density at radius 3 is 2.42 bits per heavy atom. The molecule has 1 saturated heterocycles. The Hall–Kier alpha value is -1.92. The predicted molar refractivity (Wildman–Crippen MR) is 94.2 cm³/mol. The summed E-state index contributed by atoms with van der Waals surface area (Å²) >= 11 is 0. The second kappa shape index (κ2) is 8.80. The van der Waals surface area contributed by atoms with E-state index in [1.54, 1.807) is 0 Å². The smallest absolute Gasteiger partial charge is 0.224 e. The Labute approximate surface area is 144 Å². The van der Waals surface area contributed by atoms with Gasteiger partial charge in [0.15, 0.2) is 0 Å². The van der Waals surface area contributed by atoms with Gasteiger partial charge in [0.05, 0.1) is 5.92 Å². The first kappa shape index (κ1) is 18.4. The molecule has 2 amide bonds. The molecular formula is C18H28N4O2. The van der Waals surface area contributed by atoms with Crippen molar-refractivity contribution in [3.8, 4) is 0 Å². The lowest BCUT2D eigenvalue weighted by Crippen LogP contribution is -2.47. The third-order valence-electron chi connectivity index (χ3n) is 4.63. The van der Waals surface area contributed by atoms with Crippen LogP contribution in [0.4, 0.5) is 0 Å². The minimum atomic E-state index is -0.348. The van der Waals surface area contributed by atoms with Crippen LogP contribution >= 0.6 is 0 Å². The molecule has 0 bridgehead atoms. The summed E-state index contributed by atoms with van der Waals surface area (Å²) in [6.07, 6.45) is 0.336. The number of carbonyl (C=O) groups excluding carboxylic acids is 2. The van der Waals surface area contributed by atoms with Crippen molar-refractivity contribution < 1.29 is 9.59 Å². The second-order valence-electron chi connectivity index (χ2n) is 6.45. The lowest BCUT2D eigenvalue weighted by atomic mass is 9.95. The third kappa shape index (κ3) is 5.04. The fourth-order valence-corrected chi connectivity index (χ4v) is 2.79. The molecule has 24 heavy (non-hydrogen) atoms. The first-order valence-corrected chi connectivity index (χ1v) is 8.53. The molecule has 1 heterocycles. The van der Waals surface area contributed by atoms with Crippen LogP contribution in [-0.2, 0) is 9.59 Å². The number of piperazine rings is 1. The quantitative estimate of drug-likeness (QED) is 0.800. The predicted octanol–water partition coefficient (Wildman–Crippen LogP) is 0.603. The fourth-order valence-electron chi connectivity index (χ4n) is 2.79. The molecule has 6 heteroatoms. The van der Waals surface area contributed by atoms with E-state index >= 15 is 0 Å². The van der Waals surface area contributed by atoms with Crippen LogP contribution in [-0.4, -0.2) is 61.4 Å². The van der Waals surface area contributed by atoms with Crippen molar-refractivity contribution >= 4 is 11.8 Å². The zero-order chi connectivity index (χ0) is 17.5. The van der Waals surface area contributed by atoms with E-state index < -0.39 is 0 Å². The van der Waals surface area contributed by atoms with E-state index in [2.05, 4.69) is 17.3 Å². The van der Waals surface area contributed by atoms with Crippen LogP contribution in [0.2, 0.25) is 0 Å². The molecule has 0 saturated carbocycles. The van der Waals surface area contributed by atoms with Crippen molar-refractivity contribution in [3.63, 3.8) is 0 Å². The zero-order valence-corrected chi connectivity index (χ0v) is 14.6. The summed E-state index contributed by atoms with van der Waals surface area (Å²) in [7, 11) is 2.05. The molecule has 0 spiro atoms. The summed E-state index contributed by atoms with van der Waals surface area (Å²) in [5, 5.41) is 2.84. The van der Waals surface area contributed by atoms with E-state index in [0.29, 0.717) is 13.0 Å². The Morgan fingerprint density at radius 2 is 1.79 bits per heavy atom. The van der Waals surface area contributed by atoms with Gasteiger partial charge in [-0.3, -0.25) is 9.59 Å². The summed E-state index contributed by atoms with van der Waals surface area (Å²) in [6.45, 7) is 5.50. The van der Waals surface area contributed by atoms with Crippen LogP contribution in [0.15, 0.2) is 30.3 Å². The van der Waals surface area contributed by atoms with Gasteiger partial charge in [-0.25, -0.2) is 0 Å². The van der Waals surface area contributed by atoms with Crippen LogP contribution in [0.3, 0.4) is 0 Å². The largest absolute Gasteiger partial charge is 0.355 e. The number of nitrogens with one attached hydrogen (secondary N) is 1.